The number of amides is 1. The standard InChI is InChI=1S/C21H25NO6/c1-25-17-12-16(13-18(26-2)20(17)27-3)21(24)28-14-19(23)22-11-7-10-15-8-5-4-6-9-15/h4-6,8-9,12-13H,7,10-11,14H2,1-3H3,(H,22,23). The lowest BCUT2D eigenvalue weighted by atomic mass is 10.1. The fraction of sp³-hybridized carbons (Fsp3) is 0.333. The third kappa shape index (κ3) is 5.90. The van der Waals surface area contributed by atoms with Gasteiger partial charge in [0.15, 0.2) is 18.1 Å². The van der Waals surface area contributed by atoms with Gasteiger partial charge in [-0.1, -0.05) is 30.3 Å². The molecule has 0 aliphatic rings. The molecule has 2 rings (SSSR count). The molecule has 0 aliphatic carbocycles. The molecule has 0 atom stereocenters. The minimum Gasteiger partial charge on any atom is -0.493 e. The lowest BCUT2D eigenvalue weighted by Gasteiger charge is -2.13. The van der Waals surface area contributed by atoms with Crippen LogP contribution >= 0.6 is 0 Å². The fourth-order valence-corrected chi connectivity index (χ4v) is 2.63. The van der Waals surface area contributed by atoms with Crippen molar-refractivity contribution in [2.75, 3.05) is 34.5 Å². The molecule has 1 amide bonds. The average Bonchev–Trinajstić information content (AvgIpc) is 2.74. The number of carbonyl (C=O) groups is 2. The van der Waals surface area contributed by atoms with Crippen LogP contribution in [0.15, 0.2) is 42.5 Å². The zero-order valence-corrected chi connectivity index (χ0v) is 16.3. The largest absolute Gasteiger partial charge is 0.493 e. The number of benzene rings is 2. The highest BCUT2D eigenvalue weighted by Gasteiger charge is 2.18. The molecule has 1 N–H and O–H groups in total. The van der Waals surface area contributed by atoms with E-state index in [-0.39, 0.29) is 18.1 Å². The molecule has 28 heavy (non-hydrogen) atoms. The van der Waals surface area contributed by atoms with Gasteiger partial charge in [0.2, 0.25) is 5.75 Å². The summed E-state index contributed by atoms with van der Waals surface area (Å²) in [6, 6.07) is 13.0. The second-order valence-electron chi connectivity index (χ2n) is 5.93. The Bertz CT molecular complexity index is 766. The third-order valence-corrected chi connectivity index (χ3v) is 4.04. The minimum absolute atomic E-state index is 0.200. The van der Waals surface area contributed by atoms with Crippen LogP contribution < -0.4 is 19.5 Å². The number of rotatable bonds is 10. The number of nitrogens with one attached hydrogen (secondary N) is 1. The van der Waals surface area contributed by atoms with Crippen molar-refractivity contribution in [1.29, 1.82) is 0 Å². The molecule has 0 saturated heterocycles. The Kier molecular flexibility index (Phi) is 8.14. The van der Waals surface area contributed by atoms with E-state index in [0.29, 0.717) is 23.8 Å². The van der Waals surface area contributed by atoms with Gasteiger partial charge in [-0.05, 0) is 30.5 Å². The second-order valence-corrected chi connectivity index (χ2v) is 5.93. The first kappa shape index (κ1) is 21.1. The first-order valence-electron chi connectivity index (χ1n) is 8.86. The van der Waals surface area contributed by atoms with Crippen molar-refractivity contribution in [3.05, 3.63) is 53.6 Å². The Labute approximate surface area is 164 Å². The summed E-state index contributed by atoms with van der Waals surface area (Å²) >= 11 is 0. The number of carbonyl (C=O) groups excluding carboxylic acids is 2. The van der Waals surface area contributed by atoms with E-state index in [1.165, 1.54) is 39.0 Å². The highest BCUT2D eigenvalue weighted by Crippen LogP contribution is 2.38. The Morgan fingerprint density at radius 3 is 2.14 bits per heavy atom. The average molecular weight is 387 g/mol. The van der Waals surface area contributed by atoms with Crippen molar-refractivity contribution in [3.63, 3.8) is 0 Å². The second kappa shape index (κ2) is 10.8. The van der Waals surface area contributed by atoms with Crippen molar-refractivity contribution >= 4 is 11.9 Å². The van der Waals surface area contributed by atoms with Crippen molar-refractivity contribution < 1.29 is 28.5 Å². The zero-order chi connectivity index (χ0) is 20.4. The number of hydrogen-bond acceptors (Lipinski definition) is 6. The van der Waals surface area contributed by atoms with Crippen molar-refractivity contribution in [2.24, 2.45) is 0 Å². The van der Waals surface area contributed by atoms with Crippen LogP contribution in [0.1, 0.15) is 22.3 Å². The Hall–Kier alpha value is -3.22. The highest BCUT2D eigenvalue weighted by molar-refractivity contribution is 5.92. The molecule has 7 nitrogen and oxygen atoms in total. The molecular weight excluding hydrogens is 362 g/mol. The predicted octanol–water partition coefficient (Wildman–Crippen LogP) is 2.62. The summed E-state index contributed by atoms with van der Waals surface area (Å²) in [7, 11) is 4.38. The molecule has 0 fully saturated rings. The van der Waals surface area contributed by atoms with Gasteiger partial charge < -0.3 is 24.3 Å². The van der Waals surface area contributed by atoms with E-state index in [1.54, 1.807) is 0 Å². The smallest absolute Gasteiger partial charge is 0.338 e. The van der Waals surface area contributed by atoms with Crippen LogP contribution in [-0.2, 0) is 16.0 Å². The highest BCUT2D eigenvalue weighted by atomic mass is 16.5. The number of methoxy groups -OCH3 is 3. The molecule has 0 heterocycles. The number of aryl methyl sites for hydroxylation is 1. The first-order valence-corrected chi connectivity index (χ1v) is 8.86. The number of esters is 1. The van der Waals surface area contributed by atoms with Gasteiger partial charge in [0, 0.05) is 6.54 Å². The molecule has 0 unspecified atom stereocenters. The minimum atomic E-state index is -0.654. The zero-order valence-electron chi connectivity index (χ0n) is 16.3. The Morgan fingerprint density at radius 2 is 1.57 bits per heavy atom. The fourth-order valence-electron chi connectivity index (χ4n) is 2.63. The monoisotopic (exact) mass is 387 g/mol. The van der Waals surface area contributed by atoms with Crippen LogP contribution in [0.2, 0.25) is 0 Å². The molecule has 0 aromatic heterocycles. The summed E-state index contributed by atoms with van der Waals surface area (Å²) in [5.74, 6) is 0.0311. The molecule has 2 aromatic rings. The van der Waals surface area contributed by atoms with Crippen LogP contribution in [0.3, 0.4) is 0 Å². The molecule has 2 aromatic carbocycles. The van der Waals surface area contributed by atoms with Gasteiger partial charge in [-0.2, -0.15) is 0 Å². The van der Waals surface area contributed by atoms with E-state index < -0.39 is 5.97 Å². The molecule has 0 bridgehead atoms. The topological polar surface area (TPSA) is 83.1 Å². The number of ether oxygens (including phenoxy) is 4. The van der Waals surface area contributed by atoms with Crippen LogP contribution in [0.5, 0.6) is 17.2 Å². The van der Waals surface area contributed by atoms with Crippen LogP contribution in [0.4, 0.5) is 0 Å². The first-order chi connectivity index (χ1) is 13.6. The molecule has 150 valence electrons. The summed E-state index contributed by atoms with van der Waals surface area (Å²) in [6.07, 6.45) is 1.67. The lowest BCUT2D eigenvalue weighted by molar-refractivity contribution is -0.124. The number of hydrogen-bond donors (Lipinski definition) is 1. The molecule has 0 spiro atoms. The molecule has 7 heteroatoms. The summed E-state index contributed by atoms with van der Waals surface area (Å²) in [6.45, 7) is 0.149. The van der Waals surface area contributed by atoms with E-state index in [9.17, 15) is 9.59 Å². The van der Waals surface area contributed by atoms with Gasteiger partial charge >= 0.3 is 5.97 Å². The molecule has 0 saturated carbocycles. The predicted molar refractivity (Wildman–Crippen MR) is 104 cm³/mol. The van der Waals surface area contributed by atoms with Crippen molar-refractivity contribution in [2.45, 2.75) is 12.8 Å². The maximum absolute atomic E-state index is 12.2. The van der Waals surface area contributed by atoms with Gasteiger partial charge in [-0.25, -0.2) is 4.79 Å². The van der Waals surface area contributed by atoms with Gasteiger partial charge in [-0.3, -0.25) is 4.79 Å². The van der Waals surface area contributed by atoms with Crippen LogP contribution in [0, 0.1) is 0 Å². The van der Waals surface area contributed by atoms with Gasteiger partial charge in [0.05, 0.1) is 26.9 Å². The van der Waals surface area contributed by atoms with Crippen LogP contribution in [0.25, 0.3) is 0 Å². The SMILES string of the molecule is COc1cc(C(=O)OCC(=O)NCCCc2ccccc2)cc(OC)c1OC. The van der Waals surface area contributed by atoms with E-state index in [1.807, 2.05) is 30.3 Å². The molecular formula is C21H25NO6. The van der Waals surface area contributed by atoms with E-state index in [4.69, 9.17) is 18.9 Å². The normalized spacial score (nSPS) is 10.1. The van der Waals surface area contributed by atoms with Gasteiger partial charge in [0.25, 0.3) is 5.91 Å². The van der Waals surface area contributed by atoms with Gasteiger partial charge in [-0.15, -0.1) is 0 Å². The molecule has 0 aliphatic heterocycles. The maximum Gasteiger partial charge on any atom is 0.338 e. The summed E-state index contributed by atoms with van der Waals surface area (Å²) in [4.78, 5) is 24.1. The third-order valence-electron chi connectivity index (χ3n) is 4.04. The van der Waals surface area contributed by atoms with E-state index in [0.717, 1.165) is 12.8 Å². The quantitative estimate of drug-likeness (QED) is 0.498. The summed E-state index contributed by atoms with van der Waals surface area (Å²) < 4.78 is 20.7. The molecule has 0 radical (unpaired) electrons. The Morgan fingerprint density at radius 1 is 0.929 bits per heavy atom. The Balaban J connectivity index is 1.82. The van der Waals surface area contributed by atoms with Crippen molar-refractivity contribution in [3.8, 4) is 17.2 Å². The van der Waals surface area contributed by atoms with Gasteiger partial charge in [0.1, 0.15) is 0 Å². The van der Waals surface area contributed by atoms with Crippen molar-refractivity contribution in [1.82, 2.24) is 5.32 Å². The lowest BCUT2D eigenvalue weighted by Crippen LogP contribution is -2.29. The van der Waals surface area contributed by atoms with E-state index >= 15 is 0 Å². The summed E-state index contributed by atoms with van der Waals surface area (Å²) in [5.41, 5.74) is 1.41. The van der Waals surface area contributed by atoms with E-state index in [2.05, 4.69) is 5.32 Å². The van der Waals surface area contributed by atoms with Crippen LogP contribution in [-0.4, -0.2) is 46.4 Å². The maximum atomic E-state index is 12.2. The summed E-state index contributed by atoms with van der Waals surface area (Å²) in [5, 5.41) is 2.74.